The second-order valence-electron chi connectivity index (χ2n) is 5.10. The van der Waals surface area contributed by atoms with Crippen LogP contribution >= 0.6 is 17.0 Å². The summed E-state index contributed by atoms with van der Waals surface area (Å²) in [5.41, 5.74) is 1.75. The fourth-order valence-corrected chi connectivity index (χ4v) is 2.53. The Labute approximate surface area is 140 Å². The van der Waals surface area contributed by atoms with Crippen LogP contribution in [0.3, 0.4) is 0 Å². The molecule has 1 aliphatic carbocycles. The summed E-state index contributed by atoms with van der Waals surface area (Å²) in [7, 11) is 9.87. The van der Waals surface area contributed by atoms with Crippen molar-refractivity contribution in [3.05, 3.63) is 29.3 Å². The Morgan fingerprint density at radius 2 is 2.10 bits per heavy atom. The number of benzene rings is 1. The number of hydrogen-bond acceptors (Lipinski definition) is 2. The van der Waals surface area contributed by atoms with Gasteiger partial charge in [0.15, 0.2) is 0 Å². The molecule has 0 bridgehead atoms. The maximum atomic E-state index is 9.88. The quantitative estimate of drug-likeness (QED) is 0.714. The molecule has 0 amide bonds. The molecule has 1 fully saturated rings. The fraction of sp³-hybridized carbons (Fsp3) is 0.533. The molecule has 2 nitrogen and oxygen atoms in total. The second-order valence-corrected chi connectivity index (χ2v) is 8.84. The van der Waals surface area contributed by atoms with E-state index in [1.165, 1.54) is 25.7 Å². The Hall–Kier alpha value is 0.153. The van der Waals surface area contributed by atoms with Gasteiger partial charge >= 0.3 is 37.9 Å². The van der Waals surface area contributed by atoms with Gasteiger partial charge in [0.2, 0.25) is 0 Å². The summed E-state index contributed by atoms with van der Waals surface area (Å²) < 4.78 is 0. The van der Waals surface area contributed by atoms with E-state index in [9.17, 15) is 5.11 Å². The van der Waals surface area contributed by atoms with Gasteiger partial charge in [-0.3, -0.25) is 4.99 Å². The van der Waals surface area contributed by atoms with Crippen molar-refractivity contribution in [3.8, 4) is 5.75 Å². The number of halogens is 2. The predicted molar refractivity (Wildman–Crippen MR) is 83.6 cm³/mol. The van der Waals surface area contributed by atoms with Crippen molar-refractivity contribution in [1.29, 1.82) is 0 Å². The Kier molecular flexibility index (Phi) is 9.08. The Morgan fingerprint density at radius 1 is 1.40 bits per heavy atom. The average molecular weight is 393 g/mol. The first-order valence-corrected chi connectivity index (χ1v) is 13.2. The molecule has 2 unspecified atom stereocenters. The minimum atomic E-state index is -0.826. The number of phenolic OH excluding ortho intramolecular Hbond substituents is 1. The molecule has 1 N–H and O–H groups in total. The predicted octanol–water partition coefficient (Wildman–Crippen LogP) is 5.07. The molecule has 1 saturated carbocycles. The standard InChI is InChI=1S/C15H21NO.2ClH.Zr/c1-3-12-7-8-14(9-12)16-10-13-6-4-5-11(2)15(13)17;;;/h4-6,10,12,14,17H,3,7-9H2,1-2H3;2*1H;/q;;;+2/p-2. The summed E-state index contributed by atoms with van der Waals surface area (Å²) in [6, 6.07) is 6.24. The Balaban J connectivity index is 0.000000612. The van der Waals surface area contributed by atoms with Crippen molar-refractivity contribution in [3.63, 3.8) is 0 Å². The molecule has 1 aliphatic rings. The van der Waals surface area contributed by atoms with Crippen molar-refractivity contribution >= 4 is 23.2 Å². The zero-order chi connectivity index (χ0) is 15.0. The van der Waals surface area contributed by atoms with Crippen molar-refractivity contribution in [2.24, 2.45) is 10.9 Å². The first-order chi connectivity index (χ1) is 9.62. The molecule has 1 aromatic carbocycles. The zero-order valence-corrected chi connectivity index (χ0v) is 15.9. The van der Waals surface area contributed by atoms with Crippen LogP contribution in [0.1, 0.15) is 43.7 Å². The summed E-state index contributed by atoms with van der Waals surface area (Å²) in [5.74, 6) is 1.21. The molecule has 0 aliphatic heterocycles. The number of aryl methyl sites for hydroxylation is 1. The monoisotopic (exact) mass is 391 g/mol. The van der Waals surface area contributed by atoms with Crippen LogP contribution in [-0.4, -0.2) is 17.4 Å². The molecule has 0 heterocycles. The summed E-state index contributed by atoms with van der Waals surface area (Å²) in [6.45, 7) is 4.17. The van der Waals surface area contributed by atoms with Gasteiger partial charge in [0, 0.05) is 11.8 Å². The summed E-state index contributed by atoms with van der Waals surface area (Å²) in [5, 5.41) is 9.88. The van der Waals surface area contributed by atoms with E-state index in [1.54, 1.807) is 0 Å². The van der Waals surface area contributed by atoms with Gasteiger partial charge < -0.3 is 5.11 Å². The number of aromatic hydroxyl groups is 1. The molecular formula is C15H21Cl2NOZr. The number of nitrogens with zero attached hydrogens (tertiary/aromatic N) is 1. The summed E-state index contributed by atoms with van der Waals surface area (Å²) in [4.78, 5) is 4.61. The van der Waals surface area contributed by atoms with Crippen molar-refractivity contribution in [1.82, 2.24) is 0 Å². The molecular weight excluding hydrogens is 372 g/mol. The van der Waals surface area contributed by atoms with Crippen LogP contribution in [0.5, 0.6) is 5.75 Å². The van der Waals surface area contributed by atoms with Crippen LogP contribution in [-0.2, 0) is 20.8 Å². The van der Waals surface area contributed by atoms with E-state index in [0.29, 0.717) is 11.8 Å². The van der Waals surface area contributed by atoms with Crippen LogP contribution < -0.4 is 0 Å². The van der Waals surface area contributed by atoms with Gasteiger partial charge in [-0.15, -0.1) is 0 Å². The Morgan fingerprint density at radius 3 is 2.70 bits per heavy atom. The van der Waals surface area contributed by atoms with E-state index in [4.69, 9.17) is 17.0 Å². The van der Waals surface area contributed by atoms with E-state index in [-0.39, 0.29) is 0 Å². The van der Waals surface area contributed by atoms with E-state index in [0.717, 1.165) is 17.0 Å². The topological polar surface area (TPSA) is 32.6 Å². The van der Waals surface area contributed by atoms with Gasteiger partial charge in [-0.1, -0.05) is 25.5 Å². The van der Waals surface area contributed by atoms with Gasteiger partial charge in [-0.25, -0.2) is 0 Å². The van der Waals surface area contributed by atoms with Gasteiger partial charge in [0.05, 0.1) is 6.04 Å². The third-order valence-corrected chi connectivity index (χ3v) is 3.78. The van der Waals surface area contributed by atoms with Gasteiger partial charge in [-0.05, 0) is 43.7 Å². The molecule has 20 heavy (non-hydrogen) atoms. The molecule has 0 saturated heterocycles. The fourth-order valence-electron chi connectivity index (χ4n) is 2.53. The van der Waals surface area contributed by atoms with Crippen LogP contribution in [0.4, 0.5) is 0 Å². The van der Waals surface area contributed by atoms with Crippen LogP contribution in [0.2, 0.25) is 0 Å². The first-order valence-electron chi connectivity index (χ1n) is 6.90. The van der Waals surface area contributed by atoms with E-state index < -0.39 is 20.8 Å². The summed E-state index contributed by atoms with van der Waals surface area (Å²) in [6.07, 6.45) is 6.81. The number of rotatable bonds is 3. The van der Waals surface area contributed by atoms with Crippen LogP contribution in [0, 0.1) is 12.8 Å². The molecule has 0 aromatic heterocycles. The number of hydrogen-bond donors (Lipinski definition) is 1. The van der Waals surface area contributed by atoms with Gasteiger partial charge in [0.25, 0.3) is 0 Å². The number of para-hydroxylation sites is 1. The van der Waals surface area contributed by atoms with Crippen molar-refractivity contribution in [2.45, 2.75) is 45.6 Å². The molecule has 1 aromatic rings. The van der Waals surface area contributed by atoms with Crippen LogP contribution in [0.15, 0.2) is 23.2 Å². The molecule has 0 radical (unpaired) electrons. The van der Waals surface area contributed by atoms with Crippen molar-refractivity contribution < 1.29 is 26.0 Å². The third kappa shape index (κ3) is 5.87. The SMILES string of the molecule is CCC1CCC(N=Cc2cccc(C)c2O)C1.[Cl][Zr][Cl]. The molecule has 110 valence electrons. The number of phenols is 1. The zero-order valence-electron chi connectivity index (χ0n) is 11.9. The minimum absolute atomic E-state index is 0.362. The first kappa shape index (κ1) is 18.2. The number of aliphatic imine (C=N–C) groups is 1. The van der Waals surface area contributed by atoms with Crippen molar-refractivity contribution in [2.75, 3.05) is 0 Å². The third-order valence-electron chi connectivity index (χ3n) is 3.78. The van der Waals surface area contributed by atoms with Gasteiger partial charge in [-0.2, -0.15) is 0 Å². The molecule has 2 rings (SSSR count). The second kappa shape index (κ2) is 9.98. The van der Waals surface area contributed by atoms with Gasteiger partial charge in [0.1, 0.15) is 5.75 Å². The van der Waals surface area contributed by atoms with Crippen LogP contribution in [0.25, 0.3) is 0 Å². The average Bonchev–Trinajstić information content (AvgIpc) is 2.89. The van der Waals surface area contributed by atoms with E-state index in [2.05, 4.69) is 11.9 Å². The summed E-state index contributed by atoms with van der Waals surface area (Å²) >= 11 is -0.826. The maximum absolute atomic E-state index is 9.88. The molecule has 5 heteroatoms. The Bertz CT molecular complexity index is 440. The van der Waals surface area contributed by atoms with E-state index in [1.807, 2.05) is 31.3 Å². The molecule has 0 spiro atoms. The normalized spacial score (nSPS) is 21.6. The van der Waals surface area contributed by atoms with E-state index >= 15 is 0 Å². The molecule has 2 atom stereocenters.